The Morgan fingerprint density at radius 1 is 1.12 bits per heavy atom. The van der Waals surface area contributed by atoms with Gasteiger partial charge in [-0.05, 0) is 62.6 Å². The standard InChI is InChI=1S/C26H31Cl2NO5/c1-5-20(15-30)29-23(16-9-11-18(27)12-10-16)24(17-7-6-8-19(28)13-17)33-21(25(29)32)14-22(31)34-26(2,3)4/h6-13,20-21,23-24,30H,5,14-15H2,1-4H3/t20-,21-,23?,24-/m0/s1. The first kappa shape index (κ1) is 26.5. The number of benzene rings is 2. The van der Waals surface area contributed by atoms with Gasteiger partial charge in [-0.15, -0.1) is 0 Å². The maximum absolute atomic E-state index is 13.7. The van der Waals surface area contributed by atoms with Gasteiger partial charge in [0, 0.05) is 10.0 Å². The molecule has 1 N–H and O–H groups in total. The molecule has 34 heavy (non-hydrogen) atoms. The van der Waals surface area contributed by atoms with Crippen molar-refractivity contribution < 1.29 is 24.2 Å². The average molecular weight is 508 g/mol. The van der Waals surface area contributed by atoms with Gasteiger partial charge in [0.15, 0.2) is 0 Å². The molecule has 184 valence electrons. The van der Waals surface area contributed by atoms with E-state index in [1.165, 1.54) is 0 Å². The second-order valence-electron chi connectivity index (χ2n) is 9.38. The average Bonchev–Trinajstić information content (AvgIpc) is 2.76. The van der Waals surface area contributed by atoms with Crippen LogP contribution < -0.4 is 0 Å². The summed E-state index contributed by atoms with van der Waals surface area (Å²) >= 11 is 12.4. The lowest BCUT2D eigenvalue weighted by molar-refractivity contribution is -0.188. The smallest absolute Gasteiger partial charge is 0.309 e. The monoisotopic (exact) mass is 507 g/mol. The van der Waals surface area contributed by atoms with Gasteiger partial charge in [0.1, 0.15) is 17.8 Å². The molecule has 0 aliphatic carbocycles. The molecule has 1 saturated heterocycles. The number of hydrogen-bond donors (Lipinski definition) is 1. The van der Waals surface area contributed by atoms with E-state index in [1.54, 1.807) is 49.9 Å². The lowest BCUT2D eigenvalue weighted by Crippen LogP contribution is -2.56. The van der Waals surface area contributed by atoms with Crippen LogP contribution in [0.3, 0.4) is 0 Å². The quantitative estimate of drug-likeness (QED) is 0.500. The Morgan fingerprint density at radius 2 is 1.79 bits per heavy atom. The summed E-state index contributed by atoms with van der Waals surface area (Å²) in [6, 6.07) is 13.4. The van der Waals surface area contributed by atoms with Crippen LogP contribution in [0.4, 0.5) is 0 Å². The summed E-state index contributed by atoms with van der Waals surface area (Å²) in [5.74, 6) is -0.900. The maximum atomic E-state index is 13.7. The van der Waals surface area contributed by atoms with Gasteiger partial charge in [0.05, 0.1) is 25.1 Å². The van der Waals surface area contributed by atoms with E-state index in [9.17, 15) is 14.7 Å². The second kappa shape index (κ2) is 11.1. The van der Waals surface area contributed by atoms with Gasteiger partial charge in [-0.3, -0.25) is 9.59 Å². The van der Waals surface area contributed by atoms with Crippen molar-refractivity contribution in [2.24, 2.45) is 0 Å². The predicted molar refractivity (Wildman–Crippen MR) is 132 cm³/mol. The number of carbonyl (C=O) groups is 2. The molecule has 1 amide bonds. The van der Waals surface area contributed by atoms with Crippen LogP contribution in [-0.2, 0) is 19.1 Å². The fraction of sp³-hybridized carbons (Fsp3) is 0.462. The first-order valence-electron chi connectivity index (χ1n) is 11.3. The Morgan fingerprint density at radius 3 is 2.35 bits per heavy atom. The highest BCUT2D eigenvalue weighted by Crippen LogP contribution is 2.44. The zero-order valence-electron chi connectivity index (χ0n) is 19.8. The molecular weight excluding hydrogens is 477 g/mol. The number of aliphatic hydroxyl groups excluding tert-OH is 1. The Labute approximate surface area is 210 Å². The van der Waals surface area contributed by atoms with Crippen LogP contribution in [0.25, 0.3) is 0 Å². The van der Waals surface area contributed by atoms with Crippen LogP contribution in [0.15, 0.2) is 48.5 Å². The molecule has 6 nitrogen and oxygen atoms in total. The van der Waals surface area contributed by atoms with Crippen molar-refractivity contribution in [3.8, 4) is 0 Å². The van der Waals surface area contributed by atoms with E-state index in [2.05, 4.69) is 0 Å². The molecule has 2 aromatic rings. The summed E-state index contributed by atoms with van der Waals surface area (Å²) < 4.78 is 11.8. The number of ether oxygens (including phenoxy) is 2. The van der Waals surface area contributed by atoms with Crippen molar-refractivity contribution in [2.45, 2.75) is 70.4 Å². The molecule has 0 aromatic heterocycles. The van der Waals surface area contributed by atoms with E-state index in [0.29, 0.717) is 16.5 Å². The van der Waals surface area contributed by atoms with Crippen molar-refractivity contribution in [2.75, 3.05) is 6.61 Å². The van der Waals surface area contributed by atoms with E-state index < -0.39 is 35.9 Å². The van der Waals surface area contributed by atoms with Crippen LogP contribution in [0.5, 0.6) is 0 Å². The van der Waals surface area contributed by atoms with E-state index >= 15 is 0 Å². The fourth-order valence-corrected chi connectivity index (χ4v) is 4.51. The zero-order chi connectivity index (χ0) is 25.0. The van der Waals surface area contributed by atoms with Crippen molar-refractivity contribution >= 4 is 35.1 Å². The van der Waals surface area contributed by atoms with Crippen LogP contribution in [-0.4, -0.2) is 46.2 Å². The Kier molecular flexibility index (Phi) is 8.63. The molecule has 2 aromatic carbocycles. The normalized spacial score (nSPS) is 21.9. The molecule has 0 bridgehead atoms. The first-order valence-corrected chi connectivity index (χ1v) is 12.1. The largest absolute Gasteiger partial charge is 0.460 e. The van der Waals surface area contributed by atoms with Crippen molar-refractivity contribution in [3.05, 3.63) is 69.7 Å². The first-order chi connectivity index (χ1) is 16.0. The molecule has 1 aliphatic heterocycles. The minimum absolute atomic E-state index is 0.228. The van der Waals surface area contributed by atoms with Gasteiger partial charge in [0.2, 0.25) is 0 Å². The second-order valence-corrected chi connectivity index (χ2v) is 10.3. The topological polar surface area (TPSA) is 76.1 Å². The molecule has 8 heteroatoms. The zero-order valence-corrected chi connectivity index (χ0v) is 21.3. The van der Waals surface area contributed by atoms with E-state index in [1.807, 2.05) is 31.2 Å². The summed E-state index contributed by atoms with van der Waals surface area (Å²) in [6.45, 7) is 6.98. The number of nitrogens with zero attached hydrogens (tertiary/aromatic N) is 1. The van der Waals surface area contributed by atoms with E-state index in [-0.39, 0.29) is 18.9 Å². The van der Waals surface area contributed by atoms with Crippen LogP contribution in [0, 0.1) is 0 Å². The van der Waals surface area contributed by atoms with Crippen molar-refractivity contribution in [1.29, 1.82) is 0 Å². The molecule has 4 atom stereocenters. The van der Waals surface area contributed by atoms with E-state index in [4.69, 9.17) is 32.7 Å². The minimum atomic E-state index is -1.07. The van der Waals surface area contributed by atoms with Gasteiger partial charge < -0.3 is 19.5 Å². The number of morpholine rings is 1. The Balaban J connectivity index is 2.09. The predicted octanol–water partition coefficient (Wildman–Crippen LogP) is 5.51. The number of esters is 1. The third kappa shape index (κ3) is 6.30. The molecule has 1 aliphatic rings. The maximum Gasteiger partial charge on any atom is 0.309 e. The van der Waals surface area contributed by atoms with Crippen LogP contribution in [0.1, 0.15) is 63.8 Å². The lowest BCUT2D eigenvalue weighted by Gasteiger charge is -2.47. The molecule has 0 radical (unpaired) electrons. The SMILES string of the molecule is CC[C@@H](CO)N1C(=O)[C@H](CC(=O)OC(C)(C)C)O[C@@H](c2cccc(Cl)c2)C1c1ccc(Cl)cc1. The number of rotatable bonds is 7. The number of halogens is 2. The van der Waals surface area contributed by atoms with Gasteiger partial charge in [0.25, 0.3) is 5.91 Å². The third-order valence-corrected chi connectivity index (χ3v) is 6.15. The minimum Gasteiger partial charge on any atom is -0.460 e. The van der Waals surface area contributed by atoms with Gasteiger partial charge >= 0.3 is 5.97 Å². The molecule has 1 fully saturated rings. The molecule has 0 spiro atoms. The van der Waals surface area contributed by atoms with Crippen LogP contribution in [0.2, 0.25) is 10.0 Å². The molecule has 1 heterocycles. The Bertz CT molecular complexity index is 1000. The summed E-state index contributed by atoms with van der Waals surface area (Å²) in [6.07, 6.45) is -1.42. The summed E-state index contributed by atoms with van der Waals surface area (Å²) in [7, 11) is 0. The summed E-state index contributed by atoms with van der Waals surface area (Å²) in [4.78, 5) is 28.0. The highest BCUT2D eigenvalue weighted by Gasteiger charge is 2.47. The number of aliphatic hydroxyl groups is 1. The van der Waals surface area contributed by atoms with Crippen molar-refractivity contribution in [3.63, 3.8) is 0 Å². The number of carbonyl (C=O) groups excluding carboxylic acids is 2. The summed E-state index contributed by atoms with van der Waals surface area (Å²) in [5.41, 5.74) is 0.862. The fourth-order valence-electron chi connectivity index (χ4n) is 4.19. The highest BCUT2D eigenvalue weighted by atomic mass is 35.5. The number of amides is 1. The van der Waals surface area contributed by atoms with E-state index in [0.717, 1.165) is 11.1 Å². The lowest BCUT2D eigenvalue weighted by atomic mass is 9.89. The molecule has 1 unspecified atom stereocenters. The highest BCUT2D eigenvalue weighted by molar-refractivity contribution is 6.30. The Hall–Kier alpha value is -2.12. The van der Waals surface area contributed by atoms with Gasteiger partial charge in [-0.25, -0.2) is 0 Å². The molecule has 3 rings (SSSR count). The summed E-state index contributed by atoms with van der Waals surface area (Å²) in [5, 5.41) is 11.2. The third-order valence-electron chi connectivity index (χ3n) is 5.66. The molecule has 0 saturated carbocycles. The van der Waals surface area contributed by atoms with Crippen LogP contribution >= 0.6 is 23.2 Å². The van der Waals surface area contributed by atoms with Crippen molar-refractivity contribution in [1.82, 2.24) is 4.90 Å². The number of hydrogen-bond acceptors (Lipinski definition) is 5. The van der Waals surface area contributed by atoms with Gasteiger partial charge in [-0.1, -0.05) is 54.4 Å². The molecular formula is C26H31Cl2NO5. The van der Waals surface area contributed by atoms with Gasteiger partial charge in [-0.2, -0.15) is 0 Å².